The van der Waals surface area contributed by atoms with E-state index in [0.29, 0.717) is 5.92 Å². The van der Waals surface area contributed by atoms with Gasteiger partial charge in [-0.05, 0) is 19.3 Å². The van der Waals surface area contributed by atoms with Gasteiger partial charge in [0.2, 0.25) is 10.0 Å². The molecule has 1 aliphatic carbocycles. The molecule has 0 heterocycles. The van der Waals surface area contributed by atoms with Crippen LogP contribution in [0.1, 0.15) is 26.7 Å². The number of rotatable bonds is 4. The standard InChI is InChI=1S/C8H14N2O2S/c1-3-7-4-8(7)10-13(11,12)6(2)5-9/h6-8,10H,3-4H2,1-2H3. The summed E-state index contributed by atoms with van der Waals surface area (Å²) in [6.07, 6.45) is 1.90. The Balaban J connectivity index is 2.51. The molecule has 0 amide bonds. The number of hydrogen-bond donors (Lipinski definition) is 1. The molecule has 0 aromatic carbocycles. The van der Waals surface area contributed by atoms with Crippen molar-refractivity contribution in [3.8, 4) is 6.07 Å². The minimum absolute atomic E-state index is 0.0748. The molecule has 1 N–H and O–H groups in total. The highest BCUT2D eigenvalue weighted by Crippen LogP contribution is 2.33. The highest BCUT2D eigenvalue weighted by Gasteiger charge is 2.39. The Morgan fingerprint density at radius 1 is 1.69 bits per heavy atom. The summed E-state index contributed by atoms with van der Waals surface area (Å²) in [7, 11) is -3.40. The molecule has 74 valence electrons. The highest BCUT2D eigenvalue weighted by atomic mass is 32.2. The van der Waals surface area contributed by atoms with E-state index in [1.807, 2.05) is 6.92 Å². The van der Waals surface area contributed by atoms with Crippen LogP contribution in [0.5, 0.6) is 0 Å². The van der Waals surface area contributed by atoms with E-state index in [1.54, 1.807) is 6.07 Å². The fourth-order valence-corrected chi connectivity index (χ4v) is 2.28. The Labute approximate surface area is 79.0 Å². The lowest BCUT2D eigenvalue weighted by Crippen LogP contribution is -2.34. The summed E-state index contributed by atoms with van der Waals surface area (Å²) < 4.78 is 25.2. The van der Waals surface area contributed by atoms with Crippen molar-refractivity contribution < 1.29 is 8.42 Å². The van der Waals surface area contributed by atoms with Gasteiger partial charge >= 0.3 is 0 Å². The number of nitrogens with one attached hydrogen (secondary N) is 1. The fourth-order valence-electron chi connectivity index (χ4n) is 1.23. The van der Waals surface area contributed by atoms with Crippen LogP contribution in [0, 0.1) is 17.2 Å². The molecule has 3 unspecified atom stereocenters. The summed E-state index contributed by atoms with van der Waals surface area (Å²) in [4.78, 5) is 0. The smallest absolute Gasteiger partial charge is 0.211 e. The minimum Gasteiger partial charge on any atom is -0.211 e. The zero-order valence-electron chi connectivity index (χ0n) is 7.82. The van der Waals surface area contributed by atoms with Gasteiger partial charge in [-0.25, -0.2) is 13.1 Å². The van der Waals surface area contributed by atoms with Crippen LogP contribution in [-0.2, 0) is 10.0 Å². The van der Waals surface area contributed by atoms with Gasteiger partial charge in [0, 0.05) is 6.04 Å². The zero-order valence-corrected chi connectivity index (χ0v) is 8.63. The maximum Gasteiger partial charge on any atom is 0.227 e. The van der Waals surface area contributed by atoms with Crippen LogP contribution in [0.4, 0.5) is 0 Å². The van der Waals surface area contributed by atoms with Gasteiger partial charge in [0.15, 0.2) is 5.25 Å². The first kappa shape index (κ1) is 10.5. The van der Waals surface area contributed by atoms with Gasteiger partial charge in [-0.3, -0.25) is 0 Å². The molecule has 0 spiro atoms. The molecule has 0 aliphatic heterocycles. The quantitative estimate of drug-likeness (QED) is 0.726. The van der Waals surface area contributed by atoms with E-state index in [9.17, 15) is 8.42 Å². The number of hydrogen-bond acceptors (Lipinski definition) is 3. The molecule has 1 rings (SSSR count). The Hall–Kier alpha value is -0.600. The largest absolute Gasteiger partial charge is 0.227 e. The molecule has 1 aliphatic rings. The summed E-state index contributed by atoms with van der Waals surface area (Å²) in [5.74, 6) is 0.473. The van der Waals surface area contributed by atoms with E-state index in [1.165, 1.54) is 6.92 Å². The van der Waals surface area contributed by atoms with E-state index < -0.39 is 15.3 Å². The van der Waals surface area contributed by atoms with Crippen LogP contribution in [-0.4, -0.2) is 19.7 Å². The Morgan fingerprint density at radius 3 is 2.69 bits per heavy atom. The summed E-state index contributed by atoms with van der Waals surface area (Å²) >= 11 is 0. The molecular weight excluding hydrogens is 188 g/mol. The average molecular weight is 202 g/mol. The van der Waals surface area contributed by atoms with Gasteiger partial charge in [0.25, 0.3) is 0 Å². The van der Waals surface area contributed by atoms with Gasteiger partial charge in [-0.1, -0.05) is 13.3 Å². The van der Waals surface area contributed by atoms with Crippen LogP contribution in [0.15, 0.2) is 0 Å². The SMILES string of the molecule is CCC1CC1NS(=O)(=O)C(C)C#N. The monoisotopic (exact) mass is 202 g/mol. The van der Waals surface area contributed by atoms with Crippen LogP contribution in [0.3, 0.4) is 0 Å². The van der Waals surface area contributed by atoms with Crippen molar-refractivity contribution in [3.63, 3.8) is 0 Å². The average Bonchev–Trinajstić information content (AvgIpc) is 2.81. The molecule has 0 aromatic rings. The van der Waals surface area contributed by atoms with Gasteiger partial charge in [-0.15, -0.1) is 0 Å². The predicted octanol–water partition coefficient (Wildman–Crippen LogP) is 0.616. The lowest BCUT2D eigenvalue weighted by Gasteiger charge is -2.06. The highest BCUT2D eigenvalue weighted by molar-refractivity contribution is 7.90. The third-order valence-electron chi connectivity index (χ3n) is 2.41. The van der Waals surface area contributed by atoms with E-state index in [4.69, 9.17) is 5.26 Å². The molecule has 13 heavy (non-hydrogen) atoms. The van der Waals surface area contributed by atoms with Crippen LogP contribution < -0.4 is 4.72 Å². The molecule has 3 atom stereocenters. The second kappa shape index (κ2) is 3.64. The van der Waals surface area contributed by atoms with E-state index in [2.05, 4.69) is 4.72 Å². The molecule has 0 saturated heterocycles. The zero-order chi connectivity index (χ0) is 10.1. The topological polar surface area (TPSA) is 70.0 Å². The molecular formula is C8H14N2O2S. The first-order valence-electron chi connectivity index (χ1n) is 4.42. The summed E-state index contributed by atoms with van der Waals surface area (Å²) in [6.45, 7) is 3.43. The van der Waals surface area contributed by atoms with Crippen molar-refractivity contribution in [3.05, 3.63) is 0 Å². The second-order valence-corrected chi connectivity index (χ2v) is 5.48. The number of nitriles is 1. The molecule has 1 saturated carbocycles. The van der Waals surface area contributed by atoms with E-state index >= 15 is 0 Å². The van der Waals surface area contributed by atoms with Crippen molar-refractivity contribution in [2.24, 2.45) is 5.92 Å². The van der Waals surface area contributed by atoms with Crippen molar-refractivity contribution in [1.29, 1.82) is 5.26 Å². The van der Waals surface area contributed by atoms with E-state index in [0.717, 1.165) is 12.8 Å². The van der Waals surface area contributed by atoms with Crippen LogP contribution >= 0.6 is 0 Å². The van der Waals surface area contributed by atoms with Crippen molar-refractivity contribution in [2.75, 3.05) is 0 Å². The maximum atomic E-state index is 11.3. The van der Waals surface area contributed by atoms with Crippen molar-refractivity contribution in [2.45, 2.75) is 38.0 Å². The Morgan fingerprint density at radius 2 is 2.31 bits per heavy atom. The molecule has 5 heteroatoms. The second-order valence-electron chi connectivity index (χ2n) is 3.44. The number of sulfonamides is 1. The third kappa shape index (κ3) is 2.42. The Kier molecular flexibility index (Phi) is 2.94. The molecule has 0 aromatic heterocycles. The molecule has 4 nitrogen and oxygen atoms in total. The Bertz CT molecular complexity index is 318. The van der Waals surface area contributed by atoms with Crippen molar-refractivity contribution in [1.82, 2.24) is 4.72 Å². The van der Waals surface area contributed by atoms with Gasteiger partial charge in [0.1, 0.15) is 0 Å². The normalized spacial score (nSPS) is 29.3. The van der Waals surface area contributed by atoms with Gasteiger partial charge < -0.3 is 0 Å². The summed E-state index contributed by atoms with van der Waals surface area (Å²) in [5, 5.41) is 7.50. The summed E-state index contributed by atoms with van der Waals surface area (Å²) in [5.41, 5.74) is 0. The van der Waals surface area contributed by atoms with Crippen LogP contribution in [0.2, 0.25) is 0 Å². The van der Waals surface area contributed by atoms with E-state index in [-0.39, 0.29) is 6.04 Å². The molecule has 1 fully saturated rings. The van der Waals surface area contributed by atoms with Crippen molar-refractivity contribution >= 4 is 10.0 Å². The first-order chi connectivity index (χ1) is 6.01. The lowest BCUT2D eigenvalue weighted by atomic mass is 10.3. The van der Waals surface area contributed by atoms with Gasteiger partial charge in [0.05, 0.1) is 6.07 Å². The fraction of sp³-hybridized carbons (Fsp3) is 0.875. The van der Waals surface area contributed by atoms with Gasteiger partial charge in [-0.2, -0.15) is 5.26 Å². The summed E-state index contributed by atoms with van der Waals surface area (Å²) in [6, 6.07) is 1.80. The maximum absolute atomic E-state index is 11.3. The molecule has 0 bridgehead atoms. The minimum atomic E-state index is -3.40. The third-order valence-corrected chi connectivity index (χ3v) is 4.08. The number of nitrogens with zero attached hydrogens (tertiary/aromatic N) is 1. The first-order valence-corrected chi connectivity index (χ1v) is 5.96. The lowest BCUT2D eigenvalue weighted by molar-refractivity contribution is 0.571. The molecule has 0 radical (unpaired) electrons. The van der Waals surface area contributed by atoms with Crippen LogP contribution in [0.25, 0.3) is 0 Å². The predicted molar refractivity (Wildman–Crippen MR) is 49.3 cm³/mol.